The lowest BCUT2D eigenvalue weighted by Crippen LogP contribution is -2.59. The van der Waals surface area contributed by atoms with Gasteiger partial charge in [-0.3, -0.25) is 4.79 Å². The van der Waals surface area contributed by atoms with Crippen LogP contribution in [0.5, 0.6) is 0 Å². The fourth-order valence-electron chi connectivity index (χ4n) is 4.67. The van der Waals surface area contributed by atoms with Crippen LogP contribution in [0, 0.1) is 19.3 Å². The van der Waals surface area contributed by atoms with Crippen molar-refractivity contribution in [3.05, 3.63) is 34.9 Å². The summed E-state index contributed by atoms with van der Waals surface area (Å²) in [7, 11) is 0. The minimum Gasteiger partial charge on any atom is -0.396 e. The van der Waals surface area contributed by atoms with E-state index in [9.17, 15) is 9.90 Å². The third-order valence-electron chi connectivity index (χ3n) is 6.50. The number of unbranched alkanes of at least 4 members (excludes halogenated alkanes) is 1. The number of aliphatic hydroxyl groups excluding tert-OH is 2. The first kappa shape index (κ1) is 20.3. The van der Waals surface area contributed by atoms with Gasteiger partial charge < -0.3 is 20.0 Å². The molecule has 1 amide bonds. The lowest BCUT2D eigenvalue weighted by molar-refractivity contribution is -0.0789. The molecule has 0 saturated carbocycles. The Hall–Kier alpha value is -1.43. The van der Waals surface area contributed by atoms with E-state index >= 15 is 0 Å². The minimum absolute atomic E-state index is 0.0850. The molecule has 2 N–H and O–H groups in total. The van der Waals surface area contributed by atoms with Gasteiger partial charge in [0.15, 0.2) is 0 Å². The molecule has 2 aliphatic rings. The number of carbonyl (C=O) groups excluding carboxylic acids is 1. The van der Waals surface area contributed by atoms with Crippen molar-refractivity contribution in [2.45, 2.75) is 52.1 Å². The Bertz CT molecular complexity index is 663. The van der Waals surface area contributed by atoms with Crippen LogP contribution in [0.1, 0.15) is 53.6 Å². The summed E-state index contributed by atoms with van der Waals surface area (Å²) >= 11 is 0. The first-order chi connectivity index (χ1) is 12.9. The molecular weight excluding hydrogens is 340 g/mol. The Labute approximate surface area is 163 Å². The van der Waals surface area contributed by atoms with Crippen LogP contribution in [0.2, 0.25) is 0 Å². The number of hydrogen-bond donors (Lipinski definition) is 2. The highest BCUT2D eigenvalue weighted by atomic mass is 16.3. The normalized spacial score (nSPS) is 26.5. The van der Waals surface area contributed by atoms with Crippen LogP contribution in [-0.2, 0) is 0 Å². The molecule has 1 aromatic carbocycles. The molecule has 0 bridgehead atoms. The lowest BCUT2D eigenvalue weighted by Gasteiger charge is -2.51. The molecule has 5 nitrogen and oxygen atoms in total. The average Bonchev–Trinajstić information content (AvgIpc) is 2.67. The number of aryl methyl sites for hydroxylation is 2. The van der Waals surface area contributed by atoms with Gasteiger partial charge in [0.05, 0.1) is 6.10 Å². The van der Waals surface area contributed by atoms with E-state index in [-0.39, 0.29) is 24.0 Å². The van der Waals surface area contributed by atoms with Crippen molar-refractivity contribution in [3.8, 4) is 0 Å². The SMILES string of the molecule is Cc1ccc(C(=O)N2CCC[C@@]3(CN(CCCCO)CC[C@H]3O)C2)cc1C. The number of rotatable bonds is 5. The molecule has 2 saturated heterocycles. The van der Waals surface area contributed by atoms with E-state index in [1.54, 1.807) is 0 Å². The van der Waals surface area contributed by atoms with E-state index in [1.807, 2.05) is 30.0 Å². The Morgan fingerprint density at radius 1 is 1.19 bits per heavy atom. The molecule has 0 aliphatic carbocycles. The van der Waals surface area contributed by atoms with E-state index < -0.39 is 0 Å². The summed E-state index contributed by atoms with van der Waals surface area (Å²) in [6.07, 6.45) is 4.14. The van der Waals surface area contributed by atoms with E-state index in [0.717, 1.165) is 69.4 Å². The predicted molar refractivity (Wildman–Crippen MR) is 107 cm³/mol. The van der Waals surface area contributed by atoms with Crippen molar-refractivity contribution in [2.75, 3.05) is 39.3 Å². The molecule has 0 radical (unpaired) electrons. The van der Waals surface area contributed by atoms with Crippen molar-refractivity contribution in [2.24, 2.45) is 5.41 Å². The monoisotopic (exact) mass is 374 g/mol. The van der Waals surface area contributed by atoms with Gasteiger partial charge in [-0.15, -0.1) is 0 Å². The molecule has 27 heavy (non-hydrogen) atoms. The molecule has 2 atom stereocenters. The molecule has 0 aromatic heterocycles. The number of aliphatic hydroxyl groups is 2. The van der Waals surface area contributed by atoms with Crippen LogP contribution in [0.25, 0.3) is 0 Å². The highest BCUT2D eigenvalue weighted by Crippen LogP contribution is 2.39. The van der Waals surface area contributed by atoms with Crippen LogP contribution in [-0.4, -0.2) is 71.4 Å². The zero-order valence-electron chi connectivity index (χ0n) is 16.8. The summed E-state index contributed by atoms with van der Waals surface area (Å²) in [5, 5.41) is 19.8. The number of carbonyl (C=O) groups is 1. The highest BCUT2D eigenvalue weighted by Gasteiger charge is 2.46. The van der Waals surface area contributed by atoms with E-state index in [0.29, 0.717) is 6.54 Å². The number of amides is 1. The number of hydrogen-bond acceptors (Lipinski definition) is 4. The fourth-order valence-corrected chi connectivity index (χ4v) is 4.67. The van der Waals surface area contributed by atoms with Gasteiger partial charge in [0.25, 0.3) is 5.91 Å². The van der Waals surface area contributed by atoms with Crippen molar-refractivity contribution < 1.29 is 15.0 Å². The molecule has 0 unspecified atom stereocenters. The Morgan fingerprint density at radius 2 is 2.00 bits per heavy atom. The van der Waals surface area contributed by atoms with E-state index in [2.05, 4.69) is 11.8 Å². The molecule has 3 rings (SSSR count). The largest absolute Gasteiger partial charge is 0.396 e. The van der Waals surface area contributed by atoms with E-state index in [1.165, 1.54) is 5.56 Å². The maximum atomic E-state index is 13.1. The summed E-state index contributed by atoms with van der Waals surface area (Å²) in [6, 6.07) is 5.92. The third-order valence-corrected chi connectivity index (χ3v) is 6.50. The molecule has 5 heteroatoms. The number of benzene rings is 1. The standard InChI is InChI=1S/C22H34N2O3/c1-17-6-7-19(14-18(17)2)21(27)24-11-5-9-22(16-24)15-23(10-3-4-13-25)12-8-20(22)26/h6-7,14,20,25-26H,3-5,8-13,15-16H2,1-2H3/t20-,22-/m1/s1. The van der Waals surface area contributed by atoms with Crippen molar-refractivity contribution in [3.63, 3.8) is 0 Å². The minimum atomic E-state index is -0.345. The quantitative estimate of drug-likeness (QED) is 0.777. The lowest BCUT2D eigenvalue weighted by atomic mass is 9.71. The van der Waals surface area contributed by atoms with Crippen LogP contribution in [0.4, 0.5) is 0 Å². The van der Waals surface area contributed by atoms with Gasteiger partial charge in [-0.1, -0.05) is 6.07 Å². The maximum absolute atomic E-state index is 13.1. The number of likely N-dealkylation sites (tertiary alicyclic amines) is 2. The number of nitrogens with zero attached hydrogens (tertiary/aromatic N) is 2. The summed E-state index contributed by atoms with van der Waals surface area (Å²) in [6.45, 7) is 8.44. The third kappa shape index (κ3) is 4.53. The summed E-state index contributed by atoms with van der Waals surface area (Å²) in [5.74, 6) is 0.0850. The first-order valence-electron chi connectivity index (χ1n) is 10.3. The highest BCUT2D eigenvalue weighted by molar-refractivity contribution is 5.94. The summed E-state index contributed by atoms with van der Waals surface area (Å²) in [5.41, 5.74) is 2.87. The molecular formula is C22H34N2O3. The maximum Gasteiger partial charge on any atom is 0.253 e. The van der Waals surface area contributed by atoms with Gasteiger partial charge in [0, 0.05) is 43.8 Å². The fraction of sp³-hybridized carbons (Fsp3) is 0.682. The van der Waals surface area contributed by atoms with Gasteiger partial charge in [-0.05, 0) is 75.8 Å². The molecule has 150 valence electrons. The second-order valence-electron chi connectivity index (χ2n) is 8.50. The molecule has 1 aromatic rings. The smallest absolute Gasteiger partial charge is 0.253 e. The zero-order chi connectivity index (χ0) is 19.4. The molecule has 2 aliphatic heterocycles. The second kappa shape index (κ2) is 8.72. The Kier molecular flexibility index (Phi) is 6.56. The van der Waals surface area contributed by atoms with Crippen LogP contribution in [0.3, 0.4) is 0 Å². The second-order valence-corrected chi connectivity index (χ2v) is 8.50. The van der Waals surface area contributed by atoms with Crippen LogP contribution in [0.15, 0.2) is 18.2 Å². The molecule has 2 heterocycles. The predicted octanol–water partition coefficient (Wildman–Crippen LogP) is 2.36. The van der Waals surface area contributed by atoms with Crippen LogP contribution < -0.4 is 0 Å². The van der Waals surface area contributed by atoms with Crippen molar-refractivity contribution in [1.29, 1.82) is 0 Å². The molecule has 2 fully saturated rings. The van der Waals surface area contributed by atoms with Gasteiger partial charge in [-0.2, -0.15) is 0 Å². The van der Waals surface area contributed by atoms with Crippen molar-refractivity contribution >= 4 is 5.91 Å². The number of piperidine rings is 2. The Balaban J connectivity index is 1.71. The Morgan fingerprint density at radius 3 is 2.74 bits per heavy atom. The van der Waals surface area contributed by atoms with Gasteiger partial charge in [-0.25, -0.2) is 0 Å². The summed E-state index contributed by atoms with van der Waals surface area (Å²) in [4.78, 5) is 17.5. The van der Waals surface area contributed by atoms with E-state index in [4.69, 9.17) is 5.11 Å². The zero-order valence-corrected chi connectivity index (χ0v) is 16.8. The average molecular weight is 375 g/mol. The van der Waals surface area contributed by atoms with Crippen LogP contribution >= 0.6 is 0 Å². The first-order valence-corrected chi connectivity index (χ1v) is 10.3. The summed E-state index contributed by atoms with van der Waals surface area (Å²) < 4.78 is 0. The topological polar surface area (TPSA) is 64.0 Å². The van der Waals surface area contributed by atoms with Gasteiger partial charge in [0.1, 0.15) is 0 Å². The van der Waals surface area contributed by atoms with Crippen molar-refractivity contribution in [1.82, 2.24) is 9.80 Å². The molecule has 1 spiro atoms. The van der Waals surface area contributed by atoms with Gasteiger partial charge >= 0.3 is 0 Å². The van der Waals surface area contributed by atoms with Gasteiger partial charge in [0.2, 0.25) is 0 Å².